The van der Waals surface area contributed by atoms with Crippen LogP contribution < -0.4 is 5.32 Å². The van der Waals surface area contributed by atoms with Gasteiger partial charge in [0.2, 0.25) is 0 Å². The van der Waals surface area contributed by atoms with Crippen LogP contribution >= 0.6 is 0 Å². The lowest BCUT2D eigenvalue weighted by Crippen LogP contribution is -2.40. The van der Waals surface area contributed by atoms with Gasteiger partial charge in [0, 0.05) is 31.3 Å². The van der Waals surface area contributed by atoms with Crippen LogP contribution in [0, 0.1) is 28.8 Å². The van der Waals surface area contributed by atoms with Crippen molar-refractivity contribution >= 4 is 11.6 Å². The molecule has 0 saturated carbocycles. The topological polar surface area (TPSA) is 75.5 Å². The van der Waals surface area contributed by atoms with Crippen molar-refractivity contribution in [1.82, 2.24) is 10.2 Å². The van der Waals surface area contributed by atoms with Crippen LogP contribution in [0.5, 0.6) is 0 Å². The van der Waals surface area contributed by atoms with Crippen LogP contribution in [0.15, 0.2) is 42.5 Å². The SMILES string of the molecule is Cc1c(F)cc(C(=O)NCC2CCCN(Cc3ccccc3)C2)cc1[N+](=O)[O-]. The zero-order valence-corrected chi connectivity index (χ0v) is 15.9. The van der Waals surface area contributed by atoms with Crippen molar-refractivity contribution in [3.8, 4) is 0 Å². The first-order chi connectivity index (χ1) is 13.4. The third kappa shape index (κ3) is 4.92. The number of hydrogen-bond acceptors (Lipinski definition) is 4. The number of benzene rings is 2. The third-order valence-electron chi connectivity index (χ3n) is 5.18. The Morgan fingerprint density at radius 3 is 2.79 bits per heavy atom. The molecule has 1 unspecified atom stereocenters. The highest BCUT2D eigenvalue weighted by molar-refractivity contribution is 5.95. The molecular formula is C21H24FN3O3. The summed E-state index contributed by atoms with van der Waals surface area (Å²) in [6, 6.07) is 12.4. The Bertz CT molecular complexity index is 857. The van der Waals surface area contributed by atoms with E-state index in [4.69, 9.17) is 0 Å². The summed E-state index contributed by atoms with van der Waals surface area (Å²) in [4.78, 5) is 25.1. The van der Waals surface area contributed by atoms with Crippen molar-refractivity contribution in [2.75, 3.05) is 19.6 Å². The average Bonchev–Trinajstić information content (AvgIpc) is 2.69. The molecule has 3 rings (SSSR count). The predicted octanol–water partition coefficient (Wildman–Crippen LogP) is 3.68. The van der Waals surface area contributed by atoms with E-state index in [-0.39, 0.29) is 16.8 Å². The van der Waals surface area contributed by atoms with Gasteiger partial charge in [0.1, 0.15) is 5.82 Å². The molecule has 6 nitrogen and oxygen atoms in total. The molecule has 1 N–H and O–H groups in total. The molecule has 1 atom stereocenters. The summed E-state index contributed by atoms with van der Waals surface area (Å²) in [7, 11) is 0. The van der Waals surface area contributed by atoms with Crippen molar-refractivity contribution in [2.45, 2.75) is 26.3 Å². The summed E-state index contributed by atoms with van der Waals surface area (Å²) >= 11 is 0. The first-order valence-corrected chi connectivity index (χ1v) is 9.43. The van der Waals surface area contributed by atoms with Gasteiger partial charge in [0.25, 0.3) is 11.6 Å². The van der Waals surface area contributed by atoms with Gasteiger partial charge in [-0.05, 0) is 43.9 Å². The van der Waals surface area contributed by atoms with Gasteiger partial charge in [-0.25, -0.2) is 4.39 Å². The highest BCUT2D eigenvalue weighted by atomic mass is 19.1. The molecule has 0 spiro atoms. The van der Waals surface area contributed by atoms with Crippen LogP contribution in [-0.4, -0.2) is 35.4 Å². The number of nitrogens with one attached hydrogen (secondary N) is 1. The minimum Gasteiger partial charge on any atom is -0.352 e. The molecule has 2 aromatic carbocycles. The summed E-state index contributed by atoms with van der Waals surface area (Å²) < 4.78 is 13.9. The first kappa shape index (κ1) is 19.9. The van der Waals surface area contributed by atoms with Gasteiger partial charge in [-0.3, -0.25) is 19.8 Å². The molecule has 0 bridgehead atoms. The minimum absolute atomic E-state index is 0.0215. The number of carbonyl (C=O) groups excluding carboxylic acids is 1. The Balaban J connectivity index is 1.58. The molecule has 148 valence electrons. The zero-order chi connectivity index (χ0) is 20.1. The average molecular weight is 385 g/mol. The van der Waals surface area contributed by atoms with E-state index in [2.05, 4.69) is 22.3 Å². The summed E-state index contributed by atoms with van der Waals surface area (Å²) in [5, 5.41) is 13.9. The Kier molecular flexibility index (Phi) is 6.36. The van der Waals surface area contributed by atoms with E-state index in [0.717, 1.165) is 44.6 Å². The highest BCUT2D eigenvalue weighted by Gasteiger charge is 2.22. The molecule has 0 radical (unpaired) electrons. The molecule has 1 saturated heterocycles. The number of rotatable bonds is 6. The van der Waals surface area contributed by atoms with Gasteiger partial charge in [-0.1, -0.05) is 30.3 Å². The maximum absolute atomic E-state index is 13.9. The molecule has 1 aliphatic rings. The number of nitrogens with zero attached hydrogens (tertiary/aromatic N) is 2. The maximum atomic E-state index is 13.9. The molecule has 7 heteroatoms. The second-order valence-corrected chi connectivity index (χ2v) is 7.30. The maximum Gasteiger partial charge on any atom is 0.276 e. The Morgan fingerprint density at radius 1 is 1.32 bits per heavy atom. The molecule has 1 amide bonds. The number of nitro benzene ring substituents is 1. The minimum atomic E-state index is -0.744. The number of amides is 1. The molecule has 1 aliphatic heterocycles. The van der Waals surface area contributed by atoms with Crippen LogP contribution in [0.25, 0.3) is 0 Å². The lowest BCUT2D eigenvalue weighted by Gasteiger charge is -2.32. The fourth-order valence-electron chi connectivity index (χ4n) is 3.63. The molecule has 1 fully saturated rings. The first-order valence-electron chi connectivity index (χ1n) is 9.43. The number of nitro groups is 1. The van der Waals surface area contributed by atoms with Crippen LogP contribution in [0.1, 0.15) is 34.3 Å². The highest BCUT2D eigenvalue weighted by Crippen LogP contribution is 2.23. The van der Waals surface area contributed by atoms with Crippen LogP contribution in [0.4, 0.5) is 10.1 Å². The van der Waals surface area contributed by atoms with Gasteiger partial charge in [-0.2, -0.15) is 0 Å². The Morgan fingerprint density at radius 2 is 2.07 bits per heavy atom. The zero-order valence-electron chi connectivity index (χ0n) is 15.9. The van der Waals surface area contributed by atoms with Crippen molar-refractivity contribution in [1.29, 1.82) is 0 Å². The van der Waals surface area contributed by atoms with Crippen LogP contribution in [0.3, 0.4) is 0 Å². The van der Waals surface area contributed by atoms with Gasteiger partial charge in [-0.15, -0.1) is 0 Å². The largest absolute Gasteiger partial charge is 0.352 e. The van der Waals surface area contributed by atoms with Gasteiger partial charge >= 0.3 is 0 Å². The van der Waals surface area contributed by atoms with Crippen molar-refractivity contribution < 1.29 is 14.1 Å². The third-order valence-corrected chi connectivity index (χ3v) is 5.18. The molecule has 1 heterocycles. The quantitative estimate of drug-likeness (QED) is 0.608. The lowest BCUT2D eigenvalue weighted by atomic mass is 9.97. The molecule has 2 aromatic rings. The summed E-state index contributed by atoms with van der Waals surface area (Å²) in [5.41, 5.74) is 0.795. The van der Waals surface area contributed by atoms with E-state index in [9.17, 15) is 19.3 Å². The van der Waals surface area contributed by atoms with Crippen LogP contribution in [0.2, 0.25) is 0 Å². The summed E-state index contributed by atoms with van der Waals surface area (Å²) in [6.07, 6.45) is 2.06. The normalized spacial score (nSPS) is 17.3. The second-order valence-electron chi connectivity index (χ2n) is 7.30. The van der Waals surface area contributed by atoms with Crippen molar-refractivity contribution in [2.24, 2.45) is 5.92 Å². The number of carbonyl (C=O) groups is 1. The number of hydrogen-bond donors (Lipinski definition) is 1. The van der Waals surface area contributed by atoms with Gasteiger partial charge < -0.3 is 5.32 Å². The predicted molar refractivity (Wildman–Crippen MR) is 105 cm³/mol. The molecule has 0 aliphatic carbocycles. The summed E-state index contributed by atoms with van der Waals surface area (Å²) in [6.45, 7) is 4.57. The lowest BCUT2D eigenvalue weighted by molar-refractivity contribution is -0.385. The van der Waals surface area contributed by atoms with Gasteiger partial charge in [0.05, 0.1) is 10.5 Å². The molecular weight excluding hydrogens is 361 g/mol. The fraction of sp³-hybridized carbons (Fsp3) is 0.381. The summed E-state index contributed by atoms with van der Waals surface area (Å²) in [5.74, 6) is -0.931. The van der Waals surface area contributed by atoms with Gasteiger partial charge in [0.15, 0.2) is 0 Å². The molecule has 0 aromatic heterocycles. The Labute approximate surface area is 163 Å². The standard InChI is InChI=1S/C21H24FN3O3/c1-15-19(22)10-18(11-20(15)25(27)28)21(26)23-12-17-8-5-9-24(14-17)13-16-6-3-2-4-7-16/h2-4,6-7,10-11,17H,5,8-9,12-14H2,1H3,(H,23,26). The fourth-order valence-corrected chi connectivity index (χ4v) is 3.63. The monoisotopic (exact) mass is 385 g/mol. The van der Waals surface area contributed by atoms with E-state index in [1.807, 2.05) is 18.2 Å². The number of halogens is 1. The van der Waals surface area contributed by atoms with E-state index < -0.39 is 16.6 Å². The van der Waals surface area contributed by atoms with Crippen molar-refractivity contribution in [3.05, 3.63) is 75.1 Å². The number of piperidine rings is 1. The Hall–Kier alpha value is -2.80. The van der Waals surface area contributed by atoms with Crippen LogP contribution in [-0.2, 0) is 6.54 Å². The van der Waals surface area contributed by atoms with Crippen molar-refractivity contribution in [3.63, 3.8) is 0 Å². The molecule has 28 heavy (non-hydrogen) atoms. The smallest absolute Gasteiger partial charge is 0.276 e. The van der Waals surface area contributed by atoms with E-state index >= 15 is 0 Å². The van der Waals surface area contributed by atoms with E-state index in [0.29, 0.717) is 12.5 Å². The second kappa shape index (κ2) is 8.93. The van der Waals surface area contributed by atoms with E-state index in [1.165, 1.54) is 12.5 Å². The number of likely N-dealkylation sites (tertiary alicyclic amines) is 1. The van der Waals surface area contributed by atoms with E-state index in [1.54, 1.807) is 0 Å².